The van der Waals surface area contributed by atoms with Crippen molar-refractivity contribution in [3.05, 3.63) is 28.5 Å². The molecule has 0 saturated carbocycles. The number of nitrogens with zero attached hydrogens (tertiary/aromatic N) is 2. The maximum Gasteiger partial charge on any atom is 0.307 e. The number of ether oxygens (including phenoxy) is 1. The second kappa shape index (κ2) is 7.24. The quantitative estimate of drug-likeness (QED) is 0.619. The van der Waals surface area contributed by atoms with Gasteiger partial charge in [0.25, 0.3) is 5.91 Å². The molecule has 20 heavy (non-hydrogen) atoms. The number of rotatable bonds is 5. The van der Waals surface area contributed by atoms with E-state index in [0.29, 0.717) is 17.3 Å². The first-order valence-corrected chi connectivity index (χ1v) is 6.72. The molecule has 1 aromatic rings. The molecule has 1 heterocycles. The van der Waals surface area contributed by atoms with Crippen molar-refractivity contribution in [2.45, 2.75) is 26.2 Å². The first-order chi connectivity index (χ1) is 9.35. The van der Waals surface area contributed by atoms with Crippen LogP contribution in [0.15, 0.2) is 12.1 Å². The summed E-state index contributed by atoms with van der Waals surface area (Å²) in [6.07, 6.45) is 0.161. The molecule has 0 radical (unpaired) electrons. The second-order valence-corrected chi connectivity index (χ2v) is 5.20. The summed E-state index contributed by atoms with van der Waals surface area (Å²) in [7, 11) is 2.95. The fourth-order valence-electron chi connectivity index (χ4n) is 1.62. The van der Waals surface area contributed by atoms with Gasteiger partial charge in [0.2, 0.25) is 0 Å². The maximum atomic E-state index is 12.3. The minimum absolute atomic E-state index is 0.161. The third-order valence-electron chi connectivity index (χ3n) is 2.88. The Morgan fingerprint density at radius 1 is 1.40 bits per heavy atom. The van der Waals surface area contributed by atoms with Crippen LogP contribution in [0.25, 0.3) is 0 Å². The number of pyridine rings is 1. The minimum atomic E-state index is -0.347. The molecule has 1 amide bonds. The molecule has 0 aliphatic heterocycles. The van der Waals surface area contributed by atoms with Crippen LogP contribution in [0.3, 0.4) is 0 Å². The van der Waals surface area contributed by atoms with Gasteiger partial charge in [-0.25, -0.2) is 4.98 Å². The smallest absolute Gasteiger partial charge is 0.307 e. The molecule has 0 saturated heterocycles. The molecule has 0 spiro atoms. The second-order valence-electron chi connectivity index (χ2n) is 4.81. The van der Waals surface area contributed by atoms with E-state index in [-0.39, 0.29) is 24.2 Å². The van der Waals surface area contributed by atoms with E-state index in [0.717, 1.165) is 5.69 Å². The van der Waals surface area contributed by atoms with Gasteiger partial charge in [0, 0.05) is 24.8 Å². The van der Waals surface area contributed by atoms with Crippen LogP contribution in [0, 0.1) is 0 Å². The van der Waals surface area contributed by atoms with Crippen molar-refractivity contribution in [3.63, 3.8) is 0 Å². The highest BCUT2D eigenvalue weighted by Crippen LogP contribution is 2.18. The van der Waals surface area contributed by atoms with Gasteiger partial charge < -0.3 is 9.64 Å². The van der Waals surface area contributed by atoms with Crippen molar-refractivity contribution in [2.75, 3.05) is 20.7 Å². The van der Waals surface area contributed by atoms with Crippen molar-refractivity contribution in [1.29, 1.82) is 0 Å². The highest BCUT2D eigenvalue weighted by molar-refractivity contribution is 6.29. The third kappa shape index (κ3) is 4.49. The summed E-state index contributed by atoms with van der Waals surface area (Å²) in [5.41, 5.74) is 1.24. The van der Waals surface area contributed by atoms with Crippen LogP contribution >= 0.6 is 11.6 Å². The van der Waals surface area contributed by atoms with Crippen LogP contribution < -0.4 is 0 Å². The lowest BCUT2D eigenvalue weighted by molar-refractivity contribution is -0.140. The topological polar surface area (TPSA) is 59.5 Å². The average molecular weight is 299 g/mol. The van der Waals surface area contributed by atoms with E-state index < -0.39 is 0 Å². The van der Waals surface area contributed by atoms with Gasteiger partial charge in [-0.05, 0) is 18.1 Å². The molecule has 0 atom stereocenters. The first-order valence-electron chi connectivity index (χ1n) is 6.35. The summed E-state index contributed by atoms with van der Waals surface area (Å²) in [6, 6.07) is 3.26. The van der Waals surface area contributed by atoms with E-state index in [1.807, 2.05) is 13.8 Å². The largest absolute Gasteiger partial charge is 0.469 e. The minimum Gasteiger partial charge on any atom is -0.469 e. The zero-order chi connectivity index (χ0) is 15.3. The Labute approximate surface area is 123 Å². The Morgan fingerprint density at radius 2 is 2.05 bits per heavy atom. The predicted octanol–water partition coefficient (Wildman–Crippen LogP) is 2.49. The van der Waals surface area contributed by atoms with E-state index in [1.54, 1.807) is 13.1 Å². The highest BCUT2D eigenvalue weighted by Gasteiger charge is 2.16. The van der Waals surface area contributed by atoms with Crippen molar-refractivity contribution in [2.24, 2.45) is 0 Å². The normalized spacial score (nSPS) is 10.5. The highest BCUT2D eigenvalue weighted by atomic mass is 35.5. The lowest BCUT2D eigenvalue weighted by Crippen LogP contribution is -2.29. The average Bonchev–Trinajstić information content (AvgIpc) is 2.42. The summed E-state index contributed by atoms with van der Waals surface area (Å²) >= 11 is 5.94. The van der Waals surface area contributed by atoms with Crippen molar-refractivity contribution in [3.8, 4) is 0 Å². The molecule has 0 unspecified atom stereocenters. The number of halogens is 1. The fraction of sp³-hybridized carbons (Fsp3) is 0.500. The van der Waals surface area contributed by atoms with Gasteiger partial charge in [0.05, 0.1) is 13.5 Å². The molecule has 0 aliphatic rings. The number of carbonyl (C=O) groups is 2. The monoisotopic (exact) mass is 298 g/mol. The Bertz CT molecular complexity index is 503. The lowest BCUT2D eigenvalue weighted by atomic mass is 10.1. The molecule has 1 aromatic heterocycles. The summed E-state index contributed by atoms with van der Waals surface area (Å²) in [6.45, 7) is 4.25. The van der Waals surface area contributed by atoms with Crippen molar-refractivity contribution >= 4 is 23.5 Å². The molecule has 110 valence electrons. The molecule has 0 aliphatic carbocycles. The van der Waals surface area contributed by atoms with Crippen LogP contribution in [0.2, 0.25) is 5.15 Å². The van der Waals surface area contributed by atoms with E-state index in [2.05, 4.69) is 9.72 Å². The van der Waals surface area contributed by atoms with E-state index in [1.165, 1.54) is 18.1 Å². The third-order valence-corrected chi connectivity index (χ3v) is 3.07. The van der Waals surface area contributed by atoms with Crippen LogP contribution in [0.5, 0.6) is 0 Å². The number of amides is 1. The van der Waals surface area contributed by atoms with Crippen molar-refractivity contribution in [1.82, 2.24) is 9.88 Å². The molecule has 1 rings (SSSR count). The maximum absolute atomic E-state index is 12.3. The van der Waals surface area contributed by atoms with Crippen LogP contribution in [-0.4, -0.2) is 42.5 Å². The fourth-order valence-corrected chi connectivity index (χ4v) is 1.83. The van der Waals surface area contributed by atoms with Crippen LogP contribution in [0.1, 0.15) is 42.2 Å². The Morgan fingerprint density at radius 3 is 2.60 bits per heavy atom. The Hall–Kier alpha value is -1.62. The number of methoxy groups -OCH3 is 1. The molecule has 0 fully saturated rings. The Balaban J connectivity index is 2.83. The SMILES string of the molecule is COC(=O)CCN(C)C(=O)c1cc(Cl)nc(C(C)C)c1. The van der Waals surface area contributed by atoms with Gasteiger partial charge >= 0.3 is 5.97 Å². The Kier molecular flexibility index (Phi) is 5.95. The van der Waals surface area contributed by atoms with Gasteiger partial charge in [-0.3, -0.25) is 9.59 Å². The number of esters is 1. The molecule has 5 nitrogen and oxygen atoms in total. The lowest BCUT2D eigenvalue weighted by Gasteiger charge is -2.17. The number of hydrogen-bond donors (Lipinski definition) is 0. The van der Waals surface area contributed by atoms with Gasteiger partial charge in [-0.15, -0.1) is 0 Å². The molecule has 6 heteroatoms. The van der Waals surface area contributed by atoms with Crippen LogP contribution in [0.4, 0.5) is 0 Å². The number of aromatic nitrogens is 1. The molecular weight excluding hydrogens is 280 g/mol. The summed E-state index contributed by atoms with van der Waals surface area (Å²) in [5.74, 6) is -0.360. The van der Waals surface area contributed by atoms with E-state index >= 15 is 0 Å². The van der Waals surface area contributed by atoms with E-state index in [9.17, 15) is 9.59 Å². The molecule has 0 aromatic carbocycles. The van der Waals surface area contributed by atoms with Gasteiger partial charge in [-0.2, -0.15) is 0 Å². The summed E-state index contributed by atoms with van der Waals surface area (Å²) < 4.78 is 4.55. The number of carbonyl (C=O) groups excluding carboxylic acids is 2. The summed E-state index contributed by atoms with van der Waals surface area (Å²) in [5, 5.41) is 0.293. The van der Waals surface area contributed by atoms with Gasteiger partial charge in [0.1, 0.15) is 5.15 Å². The molecule has 0 N–H and O–H groups in total. The standard InChI is InChI=1S/C14H19ClN2O3/c1-9(2)11-7-10(8-12(15)16-11)14(19)17(3)6-5-13(18)20-4/h7-9H,5-6H2,1-4H3. The zero-order valence-electron chi connectivity index (χ0n) is 12.1. The van der Waals surface area contributed by atoms with Crippen LogP contribution in [-0.2, 0) is 9.53 Å². The zero-order valence-corrected chi connectivity index (χ0v) is 12.9. The summed E-state index contributed by atoms with van der Waals surface area (Å²) in [4.78, 5) is 29.0. The van der Waals surface area contributed by atoms with Gasteiger partial charge in [0.15, 0.2) is 0 Å². The van der Waals surface area contributed by atoms with Gasteiger partial charge in [-0.1, -0.05) is 25.4 Å². The molecule has 0 bridgehead atoms. The molecular formula is C14H19ClN2O3. The van der Waals surface area contributed by atoms with E-state index in [4.69, 9.17) is 11.6 Å². The first kappa shape index (κ1) is 16.4. The number of hydrogen-bond acceptors (Lipinski definition) is 4. The predicted molar refractivity (Wildman–Crippen MR) is 76.9 cm³/mol. The van der Waals surface area contributed by atoms with Crippen molar-refractivity contribution < 1.29 is 14.3 Å².